The van der Waals surface area contributed by atoms with Gasteiger partial charge in [0.25, 0.3) is 11.8 Å². The van der Waals surface area contributed by atoms with Gasteiger partial charge in [0.15, 0.2) is 5.75 Å². The topological polar surface area (TPSA) is 109 Å². The summed E-state index contributed by atoms with van der Waals surface area (Å²) < 4.78 is 5.87. The van der Waals surface area contributed by atoms with Gasteiger partial charge >= 0.3 is 0 Å². The fraction of sp³-hybridized carbons (Fsp3) is 0.0435. The van der Waals surface area contributed by atoms with Gasteiger partial charge in [0.2, 0.25) is 5.91 Å². The number of benzene rings is 2. The maximum atomic E-state index is 12.7. The minimum Gasteiger partial charge on any atom is -0.455 e. The Morgan fingerprint density at radius 3 is 2.55 bits per heavy atom. The maximum Gasteiger partial charge on any atom is 0.269 e. The minimum absolute atomic E-state index is 0.208. The average molecular weight is 416 g/mol. The highest BCUT2D eigenvalue weighted by molar-refractivity contribution is 6.06. The Balaban J connectivity index is 1.79. The largest absolute Gasteiger partial charge is 0.455 e. The van der Waals surface area contributed by atoms with Gasteiger partial charge in [-0.2, -0.15) is 0 Å². The highest BCUT2D eigenvalue weighted by atomic mass is 16.5. The van der Waals surface area contributed by atoms with Crippen molar-refractivity contribution in [3.8, 4) is 11.5 Å². The van der Waals surface area contributed by atoms with Crippen LogP contribution < -0.4 is 20.7 Å². The van der Waals surface area contributed by atoms with E-state index in [1.807, 2.05) is 0 Å². The van der Waals surface area contributed by atoms with Gasteiger partial charge in [-0.1, -0.05) is 24.8 Å². The first kappa shape index (κ1) is 21.3. The number of ether oxygens (including phenoxy) is 1. The van der Waals surface area contributed by atoms with Gasteiger partial charge in [-0.25, -0.2) is 0 Å². The van der Waals surface area contributed by atoms with Crippen LogP contribution >= 0.6 is 0 Å². The molecule has 156 valence electrons. The van der Waals surface area contributed by atoms with Crippen molar-refractivity contribution >= 4 is 29.1 Å². The van der Waals surface area contributed by atoms with E-state index in [1.165, 1.54) is 19.3 Å². The first-order chi connectivity index (χ1) is 15.0. The third-order valence-corrected chi connectivity index (χ3v) is 4.13. The van der Waals surface area contributed by atoms with Crippen LogP contribution in [0.2, 0.25) is 0 Å². The Bertz CT molecular complexity index is 1140. The second-order valence-corrected chi connectivity index (χ2v) is 6.28. The van der Waals surface area contributed by atoms with Gasteiger partial charge in [-0.3, -0.25) is 19.4 Å². The molecule has 3 rings (SSSR count). The SMILES string of the molecule is C=CC(=O)Nc1cccc(C(=O)Nc2ccccc2Oc2ccnc(C(=O)NC)c2)c1. The van der Waals surface area contributed by atoms with E-state index in [9.17, 15) is 14.4 Å². The van der Waals surface area contributed by atoms with Crippen LogP contribution in [0.4, 0.5) is 11.4 Å². The standard InChI is InChI=1S/C23H20N4O4/c1-3-21(28)26-16-8-6-7-15(13-16)22(29)27-18-9-4-5-10-20(18)31-17-11-12-25-19(14-17)23(30)24-2/h3-14H,1H2,2H3,(H,24,30)(H,26,28)(H,27,29). The van der Waals surface area contributed by atoms with Crippen LogP contribution in [0, 0.1) is 0 Å². The van der Waals surface area contributed by atoms with Crippen molar-refractivity contribution in [3.63, 3.8) is 0 Å². The normalized spacial score (nSPS) is 9.97. The van der Waals surface area contributed by atoms with E-state index in [0.717, 1.165) is 6.08 Å². The Hall–Kier alpha value is -4.46. The molecule has 0 saturated heterocycles. The number of aromatic nitrogens is 1. The molecule has 0 atom stereocenters. The van der Waals surface area contributed by atoms with E-state index in [0.29, 0.717) is 28.4 Å². The number of carbonyl (C=O) groups is 3. The molecule has 0 aliphatic heterocycles. The van der Waals surface area contributed by atoms with Crippen molar-refractivity contribution in [1.82, 2.24) is 10.3 Å². The van der Waals surface area contributed by atoms with Crippen LogP contribution in [-0.2, 0) is 4.79 Å². The monoisotopic (exact) mass is 416 g/mol. The van der Waals surface area contributed by atoms with Gasteiger partial charge in [0.1, 0.15) is 11.4 Å². The zero-order chi connectivity index (χ0) is 22.2. The average Bonchev–Trinajstić information content (AvgIpc) is 2.80. The van der Waals surface area contributed by atoms with Gasteiger partial charge in [0, 0.05) is 30.6 Å². The molecule has 1 aromatic heterocycles. The van der Waals surface area contributed by atoms with E-state index in [2.05, 4.69) is 27.5 Å². The highest BCUT2D eigenvalue weighted by Gasteiger charge is 2.13. The van der Waals surface area contributed by atoms with Gasteiger partial charge in [-0.05, 0) is 42.5 Å². The van der Waals surface area contributed by atoms with E-state index in [-0.39, 0.29) is 23.4 Å². The van der Waals surface area contributed by atoms with E-state index in [4.69, 9.17) is 4.74 Å². The molecule has 3 aromatic rings. The summed E-state index contributed by atoms with van der Waals surface area (Å²) in [5.41, 5.74) is 1.47. The molecule has 1 heterocycles. The zero-order valence-electron chi connectivity index (χ0n) is 16.7. The molecular formula is C23H20N4O4. The Labute approximate surface area is 179 Å². The summed E-state index contributed by atoms with van der Waals surface area (Å²) in [7, 11) is 1.51. The number of nitrogens with one attached hydrogen (secondary N) is 3. The number of hydrogen-bond donors (Lipinski definition) is 3. The first-order valence-electron chi connectivity index (χ1n) is 9.30. The number of para-hydroxylation sites is 2. The molecule has 0 saturated carbocycles. The van der Waals surface area contributed by atoms with Crippen LogP contribution in [0.3, 0.4) is 0 Å². The molecule has 0 spiro atoms. The summed E-state index contributed by atoms with van der Waals surface area (Å²) >= 11 is 0. The number of pyridine rings is 1. The highest BCUT2D eigenvalue weighted by Crippen LogP contribution is 2.30. The molecule has 0 aliphatic carbocycles. The van der Waals surface area contributed by atoms with Gasteiger partial charge < -0.3 is 20.7 Å². The van der Waals surface area contributed by atoms with Crippen LogP contribution in [-0.4, -0.2) is 29.8 Å². The number of hydrogen-bond acceptors (Lipinski definition) is 5. The number of nitrogens with zero attached hydrogens (tertiary/aromatic N) is 1. The number of anilines is 2. The van der Waals surface area contributed by atoms with Crippen LogP contribution in [0.15, 0.2) is 79.5 Å². The molecule has 8 nitrogen and oxygen atoms in total. The summed E-state index contributed by atoms with van der Waals surface area (Å²) in [6.07, 6.45) is 2.61. The van der Waals surface area contributed by atoms with Crippen LogP contribution in [0.5, 0.6) is 11.5 Å². The lowest BCUT2D eigenvalue weighted by molar-refractivity contribution is -0.111. The van der Waals surface area contributed by atoms with Gasteiger partial charge in [-0.15, -0.1) is 0 Å². The molecule has 8 heteroatoms. The fourth-order valence-electron chi connectivity index (χ4n) is 2.64. The molecule has 0 aliphatic rings. The number of amides is 3. The smallest absolute Gasteiger partial charge is 0.269 e. The molecule has 0 bridgehead atoms. The quantitative estimate of drug-likeness (QED) is 0.510. The van der Waals surface area contributed by atoms with Crippen LogP contribution in [0.1, 0.15) is 20.8 Å². The number of rotatable bonds is 7. The molecule has 3 N–H and O–H groups in total. The van der Waals surface area contributed by atoms with Crippen molar-refractivity contribution in [2.75, 3.05) is 17.7 Å². The second kappa shape index (κ2) is 9.84. The lowest BCUT2D eigenvalue weighted by atomic mass is 10.1. The molecule has 3 amide bonds. The molecule has 0 unspecified atom stereocenters. The Morgan fingerprint density at radius 1 is 0.968 bits per heavy atom. The lowest BCUT2D eigenvalue weighted by Crippen LogP contribution is -2.19. The van der Waals surface area contributed by atoms with Crippen molar-refractivity contribution in [1.29, 1.82) is 0 Å². The summed E-state index contributed by atoms with van der Waals surface area (Å²) in [5.74, 6) is -0.308. The molecule has 0 radical (unpaired) electrons. The van der Waals surface area contributed by atoms with Crippen molar-refractivity contribution in [2.24, 2.45) is 0 Å². The van der Waals surface area contributed by atoms with Crippen molar-refractivity contribution in [2.45, 2.75) is 0 Å². The predicted octanol–water partition coefficient (Wildman–Crippen LogP) is 3.61. The Kier molecular flexibility index (Phi) is 6.74. The third kappa shape index (κ3) is 5.54. The minimum atomic E-state index is -0.383. The predicted molar refractivity (Wildman–Crippen MR) is 117 cm³/mol. The summed E-state index contributed by atoms with van der Waals surface area (Å²) in [6, 6.07) is 16.5. The second-order valence-electron chi connectivity index (χ2n) is 6.28. The van der Waals surface area contributed by atoms with Crippen molar-refractivity contribution in [3.05, 3.63) is 90.8 Å². The first-order valence-corrected chi connectivity index (χ1v) is 9.30. The molecule has 31 heavy (non-hydrogen) atoms. The maximum absolute atomic E-state index is 12.7. The summed E-state index contributed by atoms with van der Waals surface area (Å²) in [6.45, 7) is 3.40. The number of carbonyl (C=O) groups excluding carboxylic acids is 3. The zero-order valence-corrected chi connectivity index (χ0v) is 16.7. The molecule has 0 fully saturated rings. The summed E-state index contributed by atoms with van der Waals surface area (Å²) in [5, 5.41) is 7.91. The third-order valence-electron chi connectivity index (χ3n) is 4.13. The molecular weight excluding hydrogens is 396 g/mol. The van der Waals surface area contributed by atoms with Gasteiger partial charge in [0.05, 0.1) is 5.69 Å². The van der Waals surface area contributed by atoms with Crippen LogP contribution in [0.25, 0.3) is 0 Å². The van der Waals surface area contributed by atoms with E-state index >= 15 is 0 Å². The summed E-state index contributed by atoms with van der Waals surface area (Å²) in [4.78, 5) is 40.0. The van der Waals surface area contributed by atoms with E-state index in [1.54, 1.807) is 54.6 Å². The van der Waals surface area contributed by atoms with E-state index < -0.39 is 0 Å². The fourth-order valence-corrected chi connectivity index (χ4v) is 2.64. The Morgan fingerprint density at radius 2 is 1.77 bits per heavy atom. The lowest BCUT2D eigenvalue weighted by Gasteiger charge is -2.13. The molecule has 2 aromatic carbocycles. The van der Waals surface area contributed by atoms with Crippen molar-refractivity contribution < 1.29 is 19.1 Å².